The van der Waals surface area contributed by atoms with Gasteiger partial charge in [0, 0.05) is 12.2 Å². The molecule has 0 saturated heterocycles. The third kappa shape index (κ3) is 3.98. The number of hydrogen-bond donors (Lipinski definition) is 2. The molecule has 0 fully saturated rings. The summed E-state index contributed by atoms with van der Waals surface area (Å²) < 4.78 is 4.68. The molecule has 0 aliphatic carbocycles. The van der Waals surface area contributed by atoms with Crippen molar-refractivity contribution in [1.29, 1.82) is 0 Å². The molecular formula is C14H20N2O3. The first kappa shape index (κ1) is 15.0. The second-order valence-corrected chi connectivity index (χ2v) is 4.28. The van der Waals surface area contributed by atoms with E-state index in [1.807, 2.05) is 19.9 Å². The predicted octanol–water partition coefficient (Wildman–Crippen LogP) is 1.72. The van der Waals surface area contributed by atoms with Gasteiger partial charge in [0.05, 0.1) is 12.7 Å². The van der Waals surface area contributed by atoms with Crippen molar-refractivity contribution >= 4 is 17.6 Å². The highest BCUT2D eigenvalue weighted by atomic mass is 16.5. The van der Waals surface area contributed by atoms with E-state index in [4.69, 9.17) is 0 Å². The summed E-state index contributed by atoms with van der Waals surface area (Å²) in [4.78, 5) is 23.1. The maximum Gasteiger partial charge on any atom is 0.337 e. The molecule has 0 bridgehead atoms. The third-order valence-corrected chi connectivity index (χ3v) is 2.77. The van der Waals surface area contributed by atoms with E-state index >= 15 is 0 Å². The van der Waals surface area contributed by atoms with Crippen molar-refractivity contribution in [3.05, 3.63) is 29.3 Å². The zero-order valence-electron chi connectivity index (χ0n) is 11.7. The molecule has 1 amide bonds. The standard InChI is InChI=1S/C14H20N2O3/c1-5-15-13(17)10(3)16-12-8-11(14(18)19-4)7-6-9(12)2/h6-8,10,16H,5H2,1-4H3,(H,15,17)/t10-/m1/s1. The lowest BCUT2D eigenvalue weighted by molar-refractivity contribution is -0.121. The summed E-state index contributed by atoms with van der Waals surface area (Å²) in [7, 11) is 1.34. The lowest BCUT2D eigenvalue weighted by Crippen LogP contribution is -2.37. The predicted molar refractivity (Wildman–Crippen MR) is 74.3 cm³/mol. The Labute approximate surface area is 113 Å². The van der Waals surface area contributed by atoms with E-state index in [1.54, 1.807) is 19.1 Å². The molecule has 5 heteroatoms. The van der Waals surface area contributed by atoms with E-state index in [9.17, 15) is 9.59 Å². The molecule has 0 aromatic heterocycles. The van der Waals surface area contributed by atoms with Crippen molar-refractivity contribution in [1.82, 2.24) is 5.32 Å². The first-order valence-electron chi connectivity index (χ1n) is 6.22. The average Bonchev–Trinajstić information content (AvgIpc) is 2.40. The van der Waals surface area contributed by atoms with Gasteiger partial charge in [0.25, 0.3) is 0 Å². The molecule has 1 rings (SSSR count). The third-order valence-electron chi connectivity index (χ3n) is 2.77. The van der Waals surface area contributed by atoms with Crippen LogP contribution in [-0.2, 0) is 9.53 Å². The fraction of sp³-hybridized carbons (Fsp3) is 0.429. The molecule has 2 N–H and O–H groups in total. The van der Waals surface area contributed by atoms with Gasteiger partial charge in [-0.15, -0.1) is 0 Å². The quantitative estimate of drug-likeness (QED) is 0.795. The number of likely N-dealkylation sites (N-methyl/N-ethyl adjacent to an activating group) is 1. The monoisotopic (exact) mass is 264 g/mol. The van der Waals surface area contributed by atoms with E-state index in [1.165, 1.54) is 7.11 Å². The Morgan fingerprint density at radius 3 is 2.63 bits per heavy atom. The highest BCUT2D eigenvalue weighted by Crippen LogP contribution is 2.18. The van der Waals surface area contributed by atoms with E-state index in [0.717, 1.165) is 11.3 Å². The van der Waals surface area contributed by atoms with Crippen LogP contribution in [0.25, 0.3) is 0 Å². The molecule has 5 nitrogen and oxygen atoms in total. The molecule has 1 aromatic rings. The van der Waals surface area contributed by atoms with Gasteiger partial charge in [-0.2, -0.15) is 0 Å². The van der Waals surface area contributed by atoms with Gasteiger partial charge in [-0.1, -0.05) is 6.07 Å². The summed E-state index contributed by atoms with van der Waals surface area (Å²) in [6, 6.07) is 4.84. The molecule has 0 aliphatic heterocycles. The molecule has 1 aromatic carbocycles. The fourth-order valence-electron chi connectivity index (χ4n) is 1.65. The van der Waals surface area contributed by atoms with Crippen LogP contribution in [-0.4, -0.2) is 31.6 Å². The minimum Gasteiger partial charge on any atom is -0.465 e. The Hall–Kier alpha value is -2.04. The van der Waals surface area contributed by atoms with Crippen LogP contribution in [0.4, 0.5) is 5.69 Å². The highest BCUT2D eigenvalue weighted by Gasteiger charge is 2.14. The summed E-state index contributed by atoms with van der Waals surface area (Å²) >= 11 is 0. The number of carbonyl (C=O) groups is 2. The Kier molecular flexibility index (Phi) is 5.36. The molecule has 1 atom stereocenters. The van der Waals surface area contributed by atoms with Gasteiger partial charge in [0.2, 0.25) is 5.91 Å². The van der Waals surface area contributed by atoms with E-state index < -0.39 is 5.97 Å². The molecule has 0 spiro atoms. The molecule has 0 radical (unpaired) electrons. The molecule has 104 valence electrons. The summed E-state index contributed by atoms with van der Waals surface area (Å²) in [5.74, 6) is -0.473. The second-order valence-electron chi connectivity index (χ2n) is 4.28. The van der Waals surface area contributed by atoms with E-state index in [-0.39, 0.29) is 11.9 Å². The SMILES string of the molecule is CCNC(=O)[C@@H](C)Nc1cc(C(=O)OC)ccc1C. The lowest BCUT2D eigenvalue weighted by atomic mass is 10.1. The normalized spacial score (nSPS) is 11.6. The number of hydrogen-bond acceptors (Lipinski definition) is 4. The molecule has 0 aliphatic rings. The highest BCUT2D eigenvalue weighted by molar-refractivity contribution is 5.91. The lowest BCUT2D eigenvalue weighted by Gasteiger charge is -2.17. The number of ether oxygens (including phenoxy) is 1. The van der Waals surface area contributed by atoms with Crippen LogP contribution >= 0.6 is 0 Å². The minimum atomic E-state index is -0.395. The van der Waals surface area contributed by atoms with Crippen molar-refractivity contribution in [3.63, 3.8) is 0 Å². The number of esters is 1. The Bertz CT molecular complexity index is 472. The maximum atomic E-state index is 11.7. The van der Waals surface area contributed by atoms with Gasteiger partial charge in [0.15, 0.2) is 0 Å². The number of nitrogens with one attached hydrogen (secondary N) is 2. The molecule has 19 heavy (non-hydrogen) atoms. The van der Waals surface area contributed by atoms with E-state index in [0.29, 0.717) is 12.1 Å². The Morgan fingerprint density at radius 1 is 1.37 bits per heavy atom. The van der Waals surface area contributed by atoms with Crippen molar-refractivity contribution in [2.24, 2.45) is 0 Å². The van der Waals surface area contributed by atoms with Gasteiger partial charge in [-0.05, 0) is 38.5 Å². The largest absolute Gasteiger partial charge is 0.465 e. The summed E-state index contributed by atoms with van der Waals surface area (Å²) in [6.45, 7) is 6.14. The second kappa shape index (κ2) is 6.78. The Balaban J connectivity index is 2.88. The van der Waals surface area contributed by atoms with Crippen LogP contribution in [0.3, 0.4) is 0 Å². The van der Waals surface area contributed by atoms with Crippen LogP contribution < -0.4 is 10.6 Å². The van der Waals surface area contributed by atoms with Crippen LogP contribution in [0.5, 0.6) is 0 Å². The van der Waals surface area contributed by atoms with Gasteiger partial charge in [-0.25, -0.2) is 4.79 Å². The van der Waals surface area contributed by atoms with Crippen molar-refractivity contribution < 1.29 is 14.3 Å². The number of benzene rings is 1. The zero-order valence-corrected chi connectivity index (χ0v) is 11.7. The number of carbonyl (C=O) groups excluding carboxylic acids is 2. The first-order chi connectivity index (χ1) is 8.99. The van der Waals surface area contributed by atoms with Crippen molar-refractivity contribution in [3.8, 4) is 0 Å². The fourth-order valence-corrected chi connectivity index (χ4v) is 1.65. The van der Waals surface area contributed by atoms with Crippen molar-refractivity contribution in [2.75, 3.05) is 19.0 Å². The van der Waals surface area contributed by atoms with Gasteiger partial charge >= 0.3 is 5.97 Å². The summed E-state index contributed by atoms with van der Waals surface area (Å²) in [5, 5.41) is 5.83. The molecule has 0 heterocycles. The number of anilines is 1. The van der Waals surface area contributed by atoms with Crippen molar-refractivity contribution in [2.45, 2.75) is 26.8 Å². The number of aryl methyl sites for hydroxylation is 1. The van der Waals surface area contributed by atoms with Gasteiger partial charge < -0.3 is 15.4 Å². The van der Waals surface area contributed by atoms with E-state index in [2.05, 4.69) is 15.4 Å². The molecule has 0 unspecified atom stereocenters. The van der Waals surface area contributed by atoms with Gasteiger partial charge in [-0.3, -0.25) is 4.79 Å². The zero-order chi connectivity index (χ0) is 14.4. The smallest absolute Gasteiger partial charge is 0.337 e. The maximum absolute atomic E-state index is 11.7. The number of methoxy groups -OCH3 is 1. The van der Waals surface area contributed by atoms with Crippen LogP contribution in [0, 0.1) is 6.92 Å². The Morgan fingerprint density at radius 2 is 2.05 bits per heavy atom. The van der Waals surface area contributed by atoms with Crippen LogP contribution in [0.1, 0.15) is 29.8 Å². The first-order valence-corrected chi connectivity index (χ1v) is 6.22. The number of rotatable bonds is 5. The summed E-state index contributed by atoms with van der Waals surface area (Å²) in [6.07, 6.45) is 0. The topological polar surface area (TPSA) is 67.4 Å². The van der Waals surface area contributed by atoms with Gasteiger partial charge in [0.1, 0.15) is 6.04 Å². The van der Waals surface area contributed by atoms with Crippen LogP contribution in [0.2, 0.25) is 0 Å². The minimum absolute atomic E-state index is 0.0784. The number of amides is 1. The molecule has 0 saturated carbocycles. The molecular weight excluding hydrogens is 244 g/mol. The average molecular weight is 264 g/mol. The van der Waals surface area contributed by atoms with Crippen LogP contribution in [0.15, 0.2) is 18.2 Å². The summed E-state index contributed by atoms with van der Waals surface area (Å²) in [5.41, 5.74) is 2.17.